The molecule has 1 amide bonds. The number of ether oxygens (including phenoxy) is 1. The Morgan fingerprint density at radius 2 is 1.85 bits per heavy atom. The summed E-state index contributed by atoms with van der Waals surface area (Å²) in [7, 11) is 1.46. The Morgan fingerprint density at radius 1 is 1.09 bits per heavy atom. The van der Waals surface area contributed by atoms with E-state index in [1.54, 1.807) is 19.2 Å². The average molecular weight is 662 g/mol. The van der Waals surface area contributed by atoms with Gasteiger partial charge >= 0.3 is 0 Å². The number of nitrogens with zero attached hydrogens (tertiary/aromatic N) is 7. The van der Waals surface area contributed by atoms with Crippen LogP contribution in [-0.4, -0.2) is 105 Å². The van der Waals surface area contributed by atoms with Gasteiger partial charge in [0, 0.05) is 74.8 Å². The maximum absolute atomic E-state index is 13.9. The molecule has 1 atom stereocenters. The van der Waals surface area contributed by atoms with Gasteiger partial charge in [0.15, 0.2) is 0 Å². The molecule has 0 aliphatic carbocycles. The van der Waals surface area contributed by atoms with Gasteiger partial charge in [-0.15, -0.1) is 0 Å². The zero-order chi connectivity index (χ0) is 33.1. The molecule has 1 aromatic carbocycles. The Morgan fingerprint density at radius 3 is 2.57 bits per heavy atom. The molecule has 252 valence electrons. The predicted molar refractivity (Wildman–Crippen MR) is 189 cm³/mol. The molecule has 6 rings (SSSR count). The highest BCUT2D eigenvalue weighted by Gasteiger charge is 2.29. The molecule has 3 aliphatic rings. The lowest BCUT2D eigenvalue weighted by molar-refractivity contribution is 0.102. The number of aliphatic imine (C=N–C) groups is 1. The van der Waals surface area contributed by atoms with Gasteiger partial charge in [-0.25, -0.2) is 9.19 Å². The van der Waals surface area contributed by atoms with E-state index in [0.717, 1.165) is 62.9 Å². The molecule has 0 saturated carbocycles. The van der Waals surface area contributed by atoms with Crippen LogP contribution in [0.4, 0.5) is 11.6 Å². The molecule has 2 aromatic heterocycles. The number of amides is 1. The minimum absolute atomic E-state index is 0.246. The number of nitrogens with one attached hydrogen (secondary N) is 1. The third kappa shape index (κ3) is 7.52. The Kier molecular flexibility index (Phi) is 9.95. The molecule has 0 spiro atoms. The molecule has 13 heteroatoms. The van der Waals surface area contributed by atoms with Gasteiger partial charge < -0.3 is 19.9 Å². The van der Waals surface area contributed by atoms with Crippen LogP contribution in [0.1, 0.15) is 54.4 Å². The molecule has 2 saturated heterocycles. The number of imidazole rings is 1. The van der Waals surface area contributed by atoms with Crippen molar-refractivity contribution in [1.29, 1.82) is 0 Å². The zero-order valence-corrected chi connectivity index (χ0v) is 28.8. The third-order valence-electron chi connectivity index (χ3n) is 9.49. The minimum Gasteiger partial charge on any atom is -0.477 e. The lowest BCUT2D eigenvalue weighted by Crippen LogP contribution is -2.51. The number of fused-ring (bicyclic) bond motifs is 5. The molecule has 3 aromatic rings. The van der Waals surface area contributed by atoms with Crippen molar-refractivity contribution in [2.45, 2.75) is 52.1 Å². The van der Waals surface area contributed by atoms with Gasteiger partial charge in [-0.05, 0) is 75.9 Å². The number of likely N-dealkylation sites (N-methyl/N-ethyl adjacent to an activating group) is 1. The van der Waals surface area contributed by atoms with Crippen molar-refractivity contribution < 1.29 is 13.7 Å². The van der Waals surface area contributed by atoms with Crippen LogP contribution in [-0.2, 0) is 21.0 Å². The molecule has 0 radical (unpaired) electrons. The van der Waals surface area contributed by atoms with Gasteiger partial charge in [-0.1, -0.05) is 6.92 Å². The van der Waals surface area contributed by atoms with E-state index >= 15 is 0 Å². The van der Waals surface area contributed by atoms with Crippen molar-refractivity contribution in [3.8, 4) is 0 Å². The first-order valence-corrected chi connectivity index (χ1v) is 18.5. The Balaban J connectivity index is 1.30. The van der Waals surface area contributed by atoms with Crippen molar-refractivity contribution in [3.05, 3.63) is 53.5 Å². The number of benzene rings is 1. The minimum atomic E-state index is -2.36. The highest BCUT2D eigenvalue weighted by Crippen LogP contribution is 2.30. The van der Waals surface area contributed by atoms with E-state index in [9.17, 15) is 9.00 Å². The second-order valence-electron chi connectivity index (χ2n) is 13.1. The summed E-state index contributed by atoms with van der Waals surface area (Å²) in [6, 6.07) is 9.68. The molecule has 2 bridgehead atoms. The third-order valence-corrected chi connectivity index (χ3v) is 11.8. The quantitative estimate of drug-likeness (QED) is 0.415. The first-order valence-electron chi connectivity index (χ1n) is 16.6. The van der Waals surface area contributed by atoms with Crippen LogP contribution in [0.25, 0.3) is 16.6 Å². The fourth-order valence-corrected chi connectivity index (χ4v) is 8.98. The lowest BCUT2D eigenvalue weighted by atomic mass is 10.1. The predicted octanol–water partition coefficient (Wildman–Crippen LogP) is 4.28. The summed E-state index contributed by atoms with van der Waals surface area (Å²) in [5.41, 5.74) is 10.4. The second-order valence-corrected chi connectivity index (χ2v) is 15.6. The number of pyridine rings is 1. The number of aromatic nitrogens is 3. The first kappa shape index (κ1) is 33.1. The van der Waals surface area contributed by atoms with Crippen molar-refractivity contribution >= 4 is 49.8 Å². The van der Waals surface area contributed by atoms with E-state index < -0.39 is 9.73 Å². The number of carbonyl (C=O) groups excluding carboxylic acids is 1. The number of piperazine rings is 1. The summed E-state index contributed by atoms with van der Waals surface area (Å²) in [5, 5.41) is 3.06. The van der Waals surface area contributed by atoms with E-state index in [1.807, 2.05) is 29.7 Å². The molecule has 1 unspecified atom stereocenters. The maximum Gasteiger partial charge on any atom is 0.258 e. The molecule has 3 N–H and O–H groups in total. The normalized spacial score (nSPS) is 27.1. The summed E-state index contributed by atoms with van der Waals surface area (Å²) in [4.78, 5) is 32.4. The molecular weight excluding hydrogens is 615 g/mol. The number of hydrogen-bond acceptors (Lipinski definition) is 10. The van der Waals surface area contributed by atoms with Crippen LogP contribution in [0, 0.1) is 12.8 Å². The molecule has 3 aliphatic heterocycles. The maximum atomic E-state index is 13.9. The van der Waals surface area contributed by atoms with Crippen LogP contribution in [0.5, 0.6) is 0 Å². The van der Waals surface area contributed by atoms with Crippen molar-refractivity contribution in [1.82, 2.24) is 24.3 Å². The summed E-state index contributed by atoms with van der Waals surface area (Å²) < 4.78 is 26.9. The number of aryl methyl sites for hydroxylation is 1. The number of rotatable bonds is 2. The second kappa shape index (κ2) is 14.1. The van der Waals surface area contributed by atoms with Gasteiger partial charge in [-0.2, -0.15) is 4.36 Å². The van der Waals surface area contributed by atoms with Crippen LogP contribution in [0.2, 0.25) is 0 Å². The van der Waals surface area contributed by atoms with Crippen LogP contribution in [0.15, 0.2) is 45.9 Å². The number of nitrogens with two attached hydrogens (primary N) is 1. The van der Waals surface area contributed by atoms with E-state index in [2.05, 4.69) is 39.1 Å². The van der Waals surface area contributed by atoms with Crippen molar-refractivity contribution in [3.63, 3.8) is 0 Å². The molecule has 47 heavy (non-hydrogen) atoms. The zero-order valence-electron chi connectivity index (χ0n) is 27.9. The SMILES string of the molecule is CN=C1OCCCC(C)Cn2c(nc3ccc(N=S4(=O)CCC(N5CCN(C)CC5)CC4)cc32)NC(=O)c2cc(C)nc(c2)C1=CN. The molecule has 5 heterocycles. The summed E-state index contributed by atoms with van der Waals surface area (Å²) in [6.07, 6.45) is 4.92. The smallest absolute Gasteiger partial charge is 0.258 e. The Labute approximate surface area is 277 Å². The van der Waals surface area contributed by atoms with Crippen molar-refractivity contribution in [2.24, 2.45) is 21.0 Å². The molecule has 2 fully saturated rings. The van der Waals surface area contributed by atoms with E-state index in [-0.39, 0.29) is 11.8 Å². The Bertz CT molecular complexity index is 1800. The van der Waals surface area contributed by atoms with E-state index in [4.69, 9.17) is 19.8 Å². The van der Waals surface area contributed by atoms with E-state index in [1.165, 1.54) is 6.20 Å². The van der Waals surface area contributed by atoms with Gasteiger partial charge in [-0.3, -0.25) is 25.0 Å². The number of hydrogen-bond donors (Lipinski definition) is 2. The summed E-state index contributed by atoms with van der Waals surface area (Å²) in [6.45, 7) is 9.42. The number of carbonyl (C=O) groups is 1. The fraction of sp³-hybridized carbons (Fsp3) is 0.529. The van der Waals surface area contributed by atoms with Gasteiger partial charge in [0.2, 0.25) is 11.8 Å². The largest absolute Gasteiger partial charge is 0.477 e. The fourth-order valence-electron chi connectivity index (χ4n) is 6.81. The summed E-state index contributed by atoms with van der Waals surface area (Å²) in [5.74, 6) is 2.00. The first-order chi connectivity index (χ1) is 22.6. The van der Waals surface area contributed by atoms with Crippen LogP contribution >= 0.6 is 0 Å². The highest BCUT2D eigenvalue weighted by atomic mass is 32.2. The van der Waals surface area contributed by atoms with Crippen LogP contribution in [0.3, 0.4) is 0 Å². The lowest BCUT2D eigenvalue weighted by Gasteiger charge is -2.40. The van der Waals surface area contributed by atoms with Gasteiger partial charge in [0.25, 0.3) is 5.91 Å². The van der Waals surface area contributed by atoms with Gasteiger partial charge in [0.05, 0.1) is 44.3 Å². The molecular formula is C34H47N9O3S. The standard InChI is InChI=1S/C34H47N9O3S/c1-23-6-5-15-46-33(36-3)28(21-35)30-19-25(18-24(2)37-30)32(44)39-34-38-29-8-7-26(20-31(29)43(34)22-23)40-47(45)16-9-27(10-17-47)42-13-11-41(4)12-14-42/h7-8,18-21,23,27H,5-6,9-17,22,35H2,1-4H3,(H,38,39,44). The highest BCUT2D eigenvalue weighted by molar-refractivity contribution is 7.93. The summed E-state index contributed by atoms with van der Waals surface area (Å²) >= 11 is 0. The van der Waals surface area contributed by atoms with Crippen LogP contribution < -0.4 is 11.1 Å². The average Bonchev–Trinajstić information content (AvgIpc) is 3.37. The van der Waals surface area contributed by atoms with Crippen molar-refractivity contribution in [2.75, 3.05) is 63.7 Å². The Hall–Kier alpha value is -3.81. The topological polar surface area (TPSA) is 143 Å². The monoisotopic (exact) mass is 661 g/mol. The van der Waals surface area contributed by atoms with Gasteiger partial charge in [0.1, 0.15) is 0 Å². The molecule has 12 nitrogen and oxygen atoms in total. The van der Waals surface area contributed by atoms with E-state index in [0.29, 0.717) is 70.8 Å². The number of anilines is 1.